The minimum Gasteiger partial charge on any atom is -0.481 e. The highest BCUT2D eigenvalue weighted by Crippen LogP contribution is 2.24. The summed E-state index contributed by atoms with van der Waals surface area (Å²) in [6, 6.07) is 7.94. The number of carbonyl (C=O) groups is 1. The van der Waals surface area contributed by atoms with Gasteiger partial charge >= 0.3 is 0 Å². The molecule has 0 heterocycles. The van der Waals surface area contributed by atoms with E-state index in [1.54, 1.807) is 6.92 Å². The van der Waals surface area contributed by atoms with Crippen LogP contribution in [0.4, 0.5) is 0 Å². The van der Waals surface area contributed by atoms with E-state index in [-0.39, 0.29) is 11.3 Å². The third-order valence-corrected chi connectivity index (χ3v) is 3.26. The van der Waals surface area contributed by atoms with Gasteiger partial charge in [0.25, 0.3) is 5.91 Å². The first-order valence-electron chi connectivity index (χ1n) is 7.40. The highest BCUT2D eigenvalue weighted by molar-refractivity contribution is 5.80. The van der Waals surface area contributed by atoms with Gasteiger partial charge in [-0.3, -0.25) is 4.79 Å². The van der Waals surface area contributed by atoms with Gasteiger partial charge in [-0.15, -0.1) is 0 Å². The number of nitrogens with one attached hydrogen (secondary N) is 1. The molecule has 1 amide bonds. The Morgan fingerprint density at radius 2 is 1.81 bits per heavy atom. The molecule has 0 aromatic heterocycles. The molecule has 0 aliphatic rings. The minimum absolute atomic E-state index is 0.0863. The van der Waals surface area contributed by atoms with Crippen LogP contribution in [0.3, 0.4) is 0 Å². The maximum Gasteiger partial charge on any atom is 0.260 e. The molecule has 21 heavy (non-hydrogen) atoms. The van der Waals surface area contributed by atoms with Gasteiger partial charge < -0.3 is 15.0 Å². The molecule has 0 spiro atoms. The van der Waals surface area contributed by atoms with Crippen LogP contribution in [0.1, 0.15) is 33.3 Å². The van der Waals surface area contributed by atoms with E-state index in [0.29, 0.717) is 6.54 Å². The van der Waals surface area contributed by atoms with Crippen LogP contribution in [0.15, 0.2) is 24.3 Å². The number of rotatable bonds is 6. The van der Waals surface area contributed by atoms with Gasteiger partial charge in [0.2, 0.25) is 0 Å². The third kappa shape index (κ3) is 6.17. The van der Waals surface area contributed by atoms with Crippen molar-refractivity contribution in [1.82, 2.24) is 10.2 Å². The molecule has 1 rings (SSSR count). The molecular formula is C17H28N2O2. The Kier molecular flexibility index (Phi) is 6.21. The van der Waals surface area contributed by atoms with Crippen LogP contribution in [0, 0.1) is 0 Å². The first-order chi connectivity index (χ1) is 9.70. The molecule has 4 heteroatoms. The molecular weight excluding hydrogens is 264 g/mol. The number of benzene rings is 1. The quantitative estimate of drug-likeness (QED) is 0.875. The fourth-order valence-electron chi connectivity index (χ4n) is 1.84. The van der Waals surface area contributed by atoms with E-state index in [0.717, 1.165) is 12.3 Å². The number of nitrogens with zero attached hydrogens (tertiary/aromatic N) is 1. The summed E-state index contributed by atoms with van der Waals surface area (Å²) in [7, 11) is 3.95. The second-order valence-electron chi connectivity index (χ2n) is 6.63. The van der Waals surface area contributed by atoms with E-state index in [9.17, 15) is 4.79 Å². The molecule has 0 radical (unpaired) electrons. The summed E-state index contributed by atoms with van der Waals surface area (Å²) < 4.78 is 5.68. The first kappa shape index (κ1) is 17.5. The van der Waals surface area contributed by atoms with Crippen molar-refractivity contribution >= 4 is 5.91 Å². The molecule has 0 fully saturated rings. The second kappa shape index (κ2) is 7.46. The van der Waals surface area contributed by atoms with Crippen LogP contribution in [0.5, 0.6) is 5.75 Å². The number of carbonyl (C=O) groups excluding carboxylic acids is 1. The van der Waals surface area contributed by atoms with E-state index < -0.39 is 6.10 Å². The molecule has 0 unspecified atom stereocenters. The van der Waals surface area contributed by atoms with E-state index in [1.165, 1.54) is 5.56 Å². The summed E-state index contributed by atoms with van der Waals surface area (Å²) >= 11 is 0. The fourth-order valence-corrected chi connectivity index (χ4v) is 1.84. The standard InChI is InChI=1S/C17H28N2O2/c1-13(16(20)18-11-12-19(5)6)21-15-9-7-14(8-10-15)17(2,3)4/h7-10,13H,11-12H2,1-6H3,(H,18,20)/t13-/m0/s1. The largest absolute Gasteiger partial charge is 0.481 e. The number of likely N-dealkylation sites (N-methyl/N-ethyl adjacent to an activating group) is 1. The zero-order valence-corrected chi connectivity index (χ0v) is 14.1. The number of ether oxygens (including phenoxy) is 1. The third-order valence-electron chi connectivity index (χ3n) is 3.26. The van der Waals surface area contributed by atoms with Gasteiger partial charge in [-0.25, -0.2) is 0 Å². The lowest BCUT2D eigenvalue weighted by atomic mass is 9.87. The van der Waals surface area contributed by atoms with Gasteiger partial charge in [-0.2, -0.15) is 0 Å². The average Bonchev–Trinajstić information content (AvgIpc) is 2.37. The summed E-state index contributed by atoms with van der Waals surface area (Å²) in [4.78, 5) is 13.9. The number of hydrogen-bond donors (Lipinski definition) is 1. The lowest BCUT2D eigenvalue weighted by molar-refractivity contribution is -0.127. The molecule has 0 saturated carbocycles. The van der Waals surface area contributed by atoms with Crippen molar-refractivity contribution in [2.45, 2.75) is 39.2 Å². The van der Waals surface area contributed by atoms with Crippen molar-refractivity contribution in [3.05, 3.63) is 29.8 Å². The molecule has 1 N–H and O–H groups in total. The highest BCUT2D eigenvalue weighted by atomic mass is 16.5. The lowest BCUT2D eigenvalue weighted by Gasteiger charge is -2.20. The molecule has 118 valence electrons. The highest BCUT2D eigenvalue weighted by Gasteiger charge is 2.16. The Balaban J connectivity index is 2.50. The van der Waals surface area contributed by atoms with Crippen LogP contribution in [-0.4, -0.2) is 44.1 Å². The van der Waals surface area contributed by atoms with Crippen LogP contribution >= 0.6 is 0 Å². The zero-order valence-electron chi connectivity index (χ0n) is 14.1. The summed E-state index contributed by atoms with van der Waals surface area (Å²) in [6.07, 6.45) is -0.493. The molecule has 0 aliphatic carbocycles. The van der Waals surface area contributed by atoms with Crippen LogP contribution in [0.2, 0.25) is 0 Å². The number of hydrogen-bond acceptors (Lipinski definition) is 3. The Morgan fingerprint density at radius 3 is 2.29 bits per heavy atom. The normalized spacial score (nSPS) is 13.1. The van der Waals surface area contributed by atoms with E-state index >= 15 is 0 Å². The summed E-state index contributed by atoms with van der Waals surface area (Å²) in [5, 5.41) is 2.86. The predicted octanol–water partition coefficient (Wildman–Crippen LogP) is 2.43. The molecule has 4 nitrogen and oxygen atoms in total. The molecule has 1 aromatic carbocycles. The van der Waals surface area contributed by atoms with E-state index in [1.807, 2.05) is 43.3 Å². The van der Waals surface area contributed by atoms with Gasteiger partial charge in [0.15, 0.2) is 6.10 Å². The SMILES string of the molecule is C[C@H](Oc1ccc(C(C)(C)C)cc1)C(=O)NCCN(C)C. The van der Waals surface area contributed by atoms with Gasteiger partial charge in [-0.1, -0.05) is 32.9 Å². The fraction of sp³-hybridized carbons (Fsp3) is 0.588. The van der Waals surface area contributed by atoms with Crippen molar-refractivity contribution in [3.63, 3.8) is 0 Å². The Bertz CT molecular complexity index is 447. The zero-order chi connectivity index (χ0) is 16.0. The lowest BCUT2D eigenvalue weighted by Crippen LogP contribution is -2.39. The summed E-state index contributed by atoms with van der Waals surface area (Å²) in [5.74, 6) is 0.634. The van der Waals surface area contributed by atoms with Crippen molar-refractivity contribution < 1.29 is 9.53 Å². The molecule has 1 atom stereocenters. The van der Waals surface area contributed by atoms with E-state index in [4.69, 9.17) is 4.74 Å². The predicted molar refractivity (Wildman–Crippen MR) is 86.8 cm³/mol. The average molecular weight is 292 g/mol. The minimum atomic E-state index is -0.493. The Hall–Kier alpha value is -1.55. The molecule has 0 aliphatic heterocycles. The smallest absolute Gasteiger partial charge is 0.260 e. The topological polar surface area (TPSA) is 41.6 Å². The molecule has 0 saturated heterocycles. The van der Waals surface area contributed by atoms with Crippen molar-refractivity contribution in [2.75, 3.05) is 27.2 Å². The molecule has 1 aromatic rings. The van der Waals surface area contributed by atoms with Crippen molar-refractivity contribution in [2.24, 2.45) is 0 Å². The van der Waals surface area contributed by atoms with Gasteiger partial charge in [-0.05, 0) is 44.1 Å². The summed E-state index contributed by atoms with van der Waals surface area (Å²) in [6.45, 7) is 9.72. The first-order valence-corrected chi connectivity index (χ1v) is 7.40. The number of amides is 1. The second-order valence-corrected chi connectivity index (χ2v) is 6.63. The van der Waals surface area contributed by atoms with Crippen molar-refractivity contribution in [3.8, 4) is 5.75 Å². The van der Waals surface area contributed by atoms with Gasteiger partial charge in [0.1, 0.15) is 5.75 Å². The van der Waals surface area contributed by atoms with Gasteiger partial charge in [0.05, 0.1) is 0 Å². The van der Waals surface area contributed by atoms with Gasteiger partial charge in [0, 0.05) is 13.1 Å². The Labute approximate surface area is 128 Å². The Morgan fingerprint density at radius 1 is 1.24 bits per heavy atom. The van der Waals surface area contributed by atoms with Crippen LogP contribution < -0.4 is 10.1 Å². The summed E-state index contributed by atoms with van der Waals surface area (Å²) in [5.41, 5.74) is 1.37. The van der Waals surface area contributed by atoms with Crippen LogP contribution in [-0.2, 0) is 10.2 Å². The maximum absolute atomic E-state index is 11.9. The molecule has 0 bridgehead atoms. The van der Waals surface area contributed by atoms with E-state index in [2.05, 4.69) is 26.1 Å². The maximum atomic E-state index is 11.9. The van der Waals surface area contributed by atoms with Crippen LogP contribution in [0.25, 0.3) is 0 Å². The van der Waals surface area contributed by atoms with Crippen molar-refractivity contribution in [1.29, 1.82) is 0 Å². The monoisotopic (exact) mass is 292 g/mol.